The van der Waals surface area contributed by atoms with Crippen molar-refractivity contribution in [2.24, 2.45) is 0 Å². The van der Waals surface area contributed by atoms with Gasteiger partial charge in [0.05, 0.1) is 5.69 Å². The standard InChI is InChI=1S/C17H17N3O5/c1-9-10(2)25-14(18-9)7-20-15(21)17(3,19-16(20)22)11-4-5-12-13(6-11)24-8-23-12/h4-6H,7-8H2,1-3H3,(H,19,22)/t17-/m0/s1. The van der Waals surface area contributed by atoms with Gasteiger partial charge in [0.25, 0.3) is 5.91 Å². The van der Waals surface area contributed by atoms with E-state index in [9.17, 15) is 9.59 Å². The van der Waals surface area contributed by atoms with Crippen LogP contribution in [0.3, 0.4) is 0 Å². The highest BCUT2D eigenvalue weighted by atomic mass is 16.7. The molecule has 1 saturated heterocycles. The number of aryl methyl sites for hydroxylation is 2. The van der Waals surface area contributed by atoms with Crippen molar-refractivity contribution in [1.29, 1.82) is 0 Å². The number of hydrogen-bond donors (Lipinski definition) is 1. The maximum absolute atomic E-state index is 12.9. The zero-order valence-corrected chi connectivity index (χ0v) is 14.1. The Morgan fingerprint density at radius 3 is 2.72 bits per heavy atom. The molecule has 1 N–H and O–H groups in total. The molecule has 0 aliphatic carbocycles. The number of nitrogens with zero attached hydrogens (tertiary/aromatic N) is 2. The molecular weight excluding hydrogens is 326 g/mol. The molecule has 25 heavy (non-hydrogen) atoms. The van der Waals surface area contributed by atoms with Gasteiger partial charge in [0.2, 0.25) is 12.7 Å². The Hall–Kier alpha value is -3.03. The Bertz CT molecular complexity index is 871. The van der Waals surface area contributed by atoms with Crippen molar-refractivity contribution in [3.8, 4) is 11.5 Å². The molecule has 2 aliphatic heterocycles. The second-order valence-electron chi connectivity index (χ2n) is 6.26. The highest BCUT2D eigenvalue weighted by molar-refractivity contribution is 6.07. The molecule has 2 aromatic rings. The van der Waals surface area contributed by atoms with Crippen LogP contribution in [0, 0.1) is 13.8 Å². The molecule has 0 spiro atoms. The number of fused-ring (bicyclic) bond motifs is 1. The van der Waals surface area contributed by atoms with E-state index in [0.29, 0.717) is 28.7 Å². The SMILES string of the molecule is Cc1nc(CN2C(=O)N[C@@](C)(c3ccc4c(c3)OCO4)C2=O)oc1C. The van der Waals surface area contributed by atoms with Crippen molar-refractivity contribution < 1.29 is 23.5 Å². The fourth-order valence-corrected chi connectivity index (χ4v) is 2.99. The number of hydrogen-bond acceptors (Lipinski definition) is 6. The minimum absolute atomic E-state index is 0.0144. The van der Waals surface area contributed by atoms with E-state index in [2.05, 4.69) is 10.3 Å². The van der Waals surface area contributed by atoms with E-state index in [1.807, 2.05) is 6.92 Å². The molecule has 4 rings (SSSR count). The van der Waals surface area contributed by atoms with Crippen LogP contribution in [0.5, 0.6) is 11.5 Å². The Morgan fingerprint density at radius 1 is 1.24 bits per heavy atom. The van der Waals surface area contributed by atoms with Gasteiger partial charge in [-0.15, -0.1) is 0 Å². The summed E-state index contributed by atoms with van der Waals surface area (Å²) in [7, 11) is 0. The molecule has 0 radical (unpaired) electrons. The minimum Gasteiger partial charge on any atom is -0.454 e. The van der Waals surface area contributed by atoms with Crippen LogP contribution in [0.2, 0.25) is 0 Å². The topological polar surface area (TPSA) is 93.9 Å². The third-order valence-electron chi connectivity index (χ3n) is 4.59. The van der Waals surface area contributed by atoms with E-state index in [4.69, 9.17) is 13.9 Å². The fraction of sp³-hybridized carbons (Fsp3) is 0.353. The number of aromatic nitrogens is 1. The van der Waals surface area contributed by atoms with Gasteiger partial charge in [0.1, 0.15) is 17.8 Å². The summed E-state index contributed by atoms with van der Waals surface area (Å²) in [5.41, 5.74) is 0.173. The van der Waals surface area contributed by atoms with Crippen LogP contribution in [-0.2, 0) is 16.9 Å². The summed E-state index contributed by atoms with van der Waals surface area (Å²) in [5, 5.41) is 2.75. The quantitative estimate of drug-likeness (QED) is 0.857. The molecule has 0 bridgehead atoms. The summed E-state index contributed by atoms with van der Waals surface area (Å²) >= 11 is 0. The number of urea groups is 1. The number of oxazole rings is 1. The molecule has 2 aliphatic rings. The first-order chi connectivity index (χ1) is 11.9. The van der Waals surface area contributed by atoms with Crippen LogP contribution in [0.4, 0.5) is 4.79 Å². The second kappa shape index (κ2) is 5.23. The van der Waals surface area contributed by atoms with Crippen molar-refractivity contribution in [1.82, 2.24) is 15.2 Å². The van der Waals surface area contributed by atoms with E-state index < -0.39 is 11.6 Å². The molecule has 1 fully saturated rings. The maximum atomic E-state index is 12.9. The van der Waals surface area contributed by atoms with Crippen molar-refractivity contribution in [2.75, 3.05) is 6.79 Å². The number of benzene rings is 1. The molecule has 1 atom stereocenters. The molecule has 3 heterocycles. The van der Waals surface area contributed by atoms with Crippen LogP contribution >= 0.6 is 0 Å². The van der Waals surface area contributed by atoms with Crippen molar-refractivity contribution in [2.45, 2.75) is 32.9 Å². The first-order valence-electron chi connectivity index (χ1n) is 7.85. The predicted octanol–water partition coefficient (Wildman–Crippen LogP) is 1.99. The van der Waals surface area contributed by atoms with E-state index in [1.54, 1.807) is 32.0 Å². The van der Waals surface area contributed by atoms with Crippen LogP contribution < -0.4 is 14.8 Å². The van der Waals surface area contributed by atoms with E-state index in [0.717, 1.165) is 10.6 Å². The first-order valence-corrected chi connectivity index (χ1v) is 7.85. The van der Waals surface area contributed by atoms with Crippen molar-refractivity contribution in [3.63, 3.8) is 0 Å². The highest BCUT2D eigenvalue weighted by Gasteiger charge is 2.49. The normalized spacial score (nSPS) is 21.8. The van der Waals surface area contributed by atoms with Gasteiger partial charge in [0.15, 0.2) is 11.5 Å². The number of rotatable bonds is 3. The summed E-state index contributed by atoms with van der Waals surface area (Å²) in [6.45, 7) is 5.39. The van der Waals surface area contributed by atoms with E-state index in [1.165, 1.54) is 0 Å². The largest absolute Gasteiger partial charge is 0.454 e. The zero-order chi connectivity index (χ0) is 17.8. The minimum atomic E-state index is -1.19. The molecule has 1 aromatic heterocycles. The average Bonchev–Trinajstić information content (AvgIpc) is 3.22. The summed E-state index contributed by atoms with van der Waals surface area (Å²) in [6.07, 6.45) is 0. The Morgan fingerprint density at radius 2 is 2.00 bits per heavy atom. The third-order valence-corrected chi connectivity index (χ3v) is 4.59. The lowest BCUT2D eigenvalue weighted by molar-refractivity contribution is -0.131. The van der Waals surface area contributed by atoms with Crippen LogP contribution in [-0.4, -0.2) is 28.6 Å². The van der Waals surface area contributed by atoms with Gasteiger partial charge < -0.3 is 19.2 Å². The number of carbonyl (C=O) groups is 2. The van der Waals surface area contributed by atoms with Crippen molar-refractivity contribution >= 4 is 11.9 Å². The lowest BCUT2D eigenvalue weighted by Crippen LogP contribution is -2.40. The molecule has 1 aromatic carbocycles. The Kier molecular flexibility index (Phi) is 3.24. The van der Waals surface area contributed by atoms with Crippen LogP contribution in [0.15, 0.2) is 22.6 Å². The zero-order valence-electron chi connectivity index (χ0n) is 14.1. The van der Waals surface area contributed by atoms with Gasteiger partial charge in [-0.25, -0.2) is 9.78 Å². The van der Waals surface area contributed by atoms with Crippen molar-refractivity contribution in [3.05, 3.63) is 41.1 Å². The number of carbonyl (C=O) groups excluding carboxylic acids is 2. The van der Waals surface area contributed by atoms with Gasteiger partial charge in [-0.05, 0) is 38.5 Å². The smallest absolute Gasteiger partial charge is 0.325 e. The monoisotopic (exact) mass is 343 g/mol. The summed E-state index contributed by atoms with van der Waals surface area (Å²) in [4.78, 5) is 30.6. The summed E-state index contributed by atoms with van der Waals surface area (Å²) < 4.78 is 16.1. The molecule has 0 unspecified atom stereocenters. The predicted molar refractivity (Wildman–Crippen MR) is 85.0 cm³/mol. The van der Waals surface area contributed by atoms with Gasteiger partial charge >= 0.3 is 6.03 Å². The molecular formula is C17H17N3O5. The first kappa shape index (κ1) is 15.5. The average molecular weight is 343 g/mol. The van der Waals surface area contributed by atoms with Gasteiger partial charge in [-0.3, -0.25) is 9.69 Å². The Balaban J connectivity index is 1.63. The maximum Gasteiger partial charge on any atom is 0.325 e. The number of imide groups is 1. The lowest BCUT2D eigenvalue weighted by atomic mass is 9.91. The molecule has 8 nitrogen and oxygen atoms in total. The fourth-order valence-electron chi connectivity index (χ4n) is 2.99. The molecule has 130 valence electrons. The van der Waals surface area contributed by atoms with E-state index in [-0.39, 0.29) is 19.2 Å². The third kappa shape index (κ3) is 2.33. The van der Waals surface area contributed by atoms with E-state index >= 15 is 0 Å². The van der Waals surface area contributed by atoms with Gasteiger partial charge in [0, 0.05) is 0 Å². The van der Waals surface area contributed by atoms with Gasteiger partial charge in [-0.1, -0.05) is 6.07 Å². The number of ether oxygens (including phenoxy) is 2. The summed E-state index contributed by atoms with van der Waals surface area (Å²) in [5.74, 6) is 1.80. The molecule has 8 heteroatoms. The van der Waals surface area contributed by atoms with Gasteiger partial charge in [-0.2, -0.15) is 0 Å². The summed E-state index contributed by atoms with van der Waals surface area (Å²) in [6, 6.07) is 4.70. The molecule has 3 amide bonds. The molecule has 0 saturated carbocycles. The number of amides is 3. The van der Waals surface area contributed by atoms with Crippen LogP contribution in [0.25, 0.3) is 0 Å². The lowest BCUT2D eigenvalue weighted by Gasteiger charge is -2.22. The van der Waals surface area contributed by atoms with Crippen LogP contribution in [0.1, 0.15) is 29.8 Å². The second-order valence-corrected chi connectivity index (χ2v) is 6.26. The number of nitrogens with one attached hydrogen (secondary N) is 1. The Labute approximate surface area is 143 Å². The highest BCUT2D eigenvalue weighted by Crippen LogP contribution is 2.38.